The van der Waals surface area contributed by atoms with Crippen molar-refractivity contribution in [3.63, 3.8) is 0 Å². The maximum absolute atomic E-state index is 13.2. The first-order valence-electron chi connectivity index (χ1n) is 16.7. The second-order valence-electron chi connectivity index (χ2n) is 14.3. The molecule has 2 aromatic carbocycles. The predicted molar refractivity (Wildman–Crippen MR) is 191 cm³/mol. The minimum Gasteiger partial charge on any atom is -0.491 e. The van der Waals surface area contributed by atoms with Crippen LogP contribution in [0.1, 0.15) is 107 Å². The lowest BCUT2D eigenvalue weighted by Crippen LogP contribution is -2.47. The van der Waals surface area contributed by atoms with Gasteiger partial charge in [-0.15, -0.1) is 0 Å². The Morgan fingerprint density at radius 1 is 1.02 bits per heavy atom. The number of benzene rings is 2. The van der Waals surface area contributed by atoms with Crippen LogP contribution in [0.2, 0.25) is 0 Å². The van der Waals surface area contributed by atoms with Crippen molar-refractivity contribution in [3.05, 3.63) is 59.9 Å². The van der Waals surface area contributed by atoms with E-state index in [2.05, 4.69) is 57.3 Å². The molecule has 1 fully saturated rings. The van der Waals surface area contributed by atoms with Crippen molar-refractivity contribution in [1.29, 1.82) is 0 Å². The number of halogens is 1. The highest BCUT2D eigenvalue weighted by molar-refractivity contribution is 7.89. The van der Waals surface area contributed by atoms with Gasteiger partial charge in [-0.25, -0.2) is 12.8 Å². The topological polar surface area (TPSA) is 119 Å². The van der Waals surface area contributed by atoms with E-state index in [0.29, 0.717) is 30.8 Å². The van der Waals surface area contributed by atoms with Gasteiger partial charge in [0.2, 0.25) is 16.4 Å². The lowest BCUT2D eigenvalue weighted by Gasteiger charge is -2.33. The number of piperidine rings is 1. The summed E-state index contributed by atoms with van der Waals surface area (Å²) < 4.78 is 44.9. The SMILES string of the molecule is CC(=O)C1CCCCN1S(=O)(=O)c1cccc(F)c1.CC(C)(C)N.CC(C)CC(C)NC=O.CC(C)Cc1ccc(OC(C)C)cc1. The summed E-state index contributed by atoms with van der Waals surface area (Å²) in [6, 6.07) is 13.0. The molecule has 1 saturated heterocycles. The van der Waals surface area contributed by atoms with Crippen LogP contribution >= 0.6 is 0 Å². The molecule has 47 heavy (non-hydrogen) atoms. The number of nitrogens with zero attached hydrogens (tertiary/aromatic N) is 1. The Balaban J connectivity index is 0.000000664. The molecule has 1 heterocycles. The Morgan fingerprint density at radius 2 is 1.60 bits per heavy atom. The number of sulfonamides is 1. The number of carbonyl (C=O) groups is 2. The highest BCUT2D eigenvalue weighted by Gasteiger charge is 2.35. The van der Waals surface area contributed by atoms with Gasteiger partial charge in [0.25, 0.3) is 0 Å². The van der Waals surface area contributed by atoms with Gasteiger partial charge in [-0.05, 0) is 122 Å². The Bertz CT molecular complexity index is 1240. The number of carbonyl (C=O) groups excluding carboxylic acids is 2. The van der Waals surface area contributed by atoms with Crippen molar-refractivity contribution < 1.29 is 27.1 Å². The Labute approximate surface area is 285 Å². The molecule has 0 bridgehead atoms. The highest BCUT2D eigenvalue weighted by Crippen LogP contribution is 2.26. The van der Waals surface area contributed by atoms with Crippen molar-refractivity contribution in [2.75, 3.05) is 6.54 Å². The van der Waals surface area contributed by atoms with Crippen LogP contribution < -0.4 is 15.8 Å². The molecule has 2 aromatic rings. The molecule has 1 aliphatic heterocycles. The molecule has 2 unspecified atom stereocenters. The molecule has 3 rings (SSSR count). The first-order chi connectivity index (χ1) is 21.7. The standard InChI is InChI=1S/C13H16FNO3S.C13H20O.C7H15NO.C4H11N/c1-10(16)13-7-2-3-8-15(13)19(17,18)12-6-4-5-11(14)9-12;1-10(2)9-12-5-7-13(8-6-12)14-11(3)4;1-6(2)4-7(3)8-5-9;1-4(2,3)5/h4-6,9,13H,2-3,7-8H2,1H3;5-8,10-11H,9H2,1-4H3;5-7H,4H2,1-3H3,(H,8,9);5H2,1-3H3. The van der Waals surface area contributed by atoms with Crippen molar-refractivity contribution >= 4 is 22.2 Å². The van der Waals surface area contributed by atoms with E-state index in [1.165, 1.54) is 35.0 Å². The number of Topliss-reactive ketones (excluding diaryl/α,β-unsaturated/α-hetero) is 1. The van der Waals surface area contributed by atoms with Gasteiger partial charge in [-0.3, -0.25) is 9.59 Å². The van der Waals surface area contributed by atoms with Crippen LogP contribution in [0.5, 0.6) is 5.75 Å². The molecule has 268 valence electrons. The molecule has 10 heteroatoms. The smallest absolute Gasteiger partial charge is 0.243 e. The zero-order valence-corrected chi connectivity index (χ0v) is 31.5. The summed E-state index contributed by atoms with van der Waals surface area (Å²) in [6.45, 7) is 22.4. The third kappa shape index (κ3) is 20.9. The van der Waals surface area contributed by atoms with Gasteiger partial charge in [0.05, 0.1) is 17.0 Å². The summed E-state index contributed by atoms with van der Waals surface area (Å²) in [7, 11) is -3.81. The van der Waals surface area contributed by atoms with Crippen LogP contribution in [0.4, 0.5) is 4.39 Å². The second kappa shape index (κ2) is 21.9. The van der Waals surface area contributed by atoms with E-state index in [0.717, 1.165) is 43.9 Å². The maximum Gasteiger partial charge on any atom is 0.243 e. The van der Waals surface area contributed by atoms with Crippen molar-refractivity contribution in [2.45, 2.75) is 137 Å². The molecule has 0 radical (unpaired) electrons. The molecule has 8 nitrogen and oxygen atoms in total. The minimum atomic E-state index is -3.81. The van der Waals surface area contributed by atoms with E-state index < -0.39 is 21.9 Å². The van der Waals surface area contributed by atoms with E-state index in [-0.39, 0.29) is 22.3 Å². The highest BCUT2D eigenvalue weighted by atomic mass is 32.2. The lowest BCUT2D eigenvalue weighted by atomic mass is 10.0. The number of rotatable bonds is 11. The number of hydrogen-bond donors (Lipinski definition) is 2. The average Bonchev–Trinajstić information content (AvgIpc) is 2.93. The number of hydrogen-bond acceptors (Lipinski definition) is 6. The summed E-state index contributed by atoms with van der Waals surface area (Å²) in [5.41, 5.74) is 6.74. The van der Waals surface area contributed by atoms with Crippen LogP contribution in [0, 0.1) is 17.7 Å². The third-order valence-corrected chi connectivity index (χ3v) is 8.35. The third-order valence-electron chi connectivity index (χ3n) is 6.44. The fourth-order valence-electron chi connectivity index (χ4n) is 4.70. The molecule has 0 aliphatic carbocycles. The number of ether oxygens (including phenoxy) is 1. The van der Waals surface area contributed by atoms with E-state index in [4.69, 9.17) is 10.5 Å². The molecular weight excluding hydrogens is 617 g/mol. The van der Waals surface area contributed by atoms with Gasteiger partial charge in [0.1, 0.15) is 17.3 Å². The van der Waals surface area contributed by atoms with Crippen LogP contribution in [0.25, 0.3) is 0 Å². The van der Waals surface area contributed by atoms with Crippen LogP contribution in [0.15, 0.2) is 53.4 Å². The van der Waals surface area contributed by atoms with Gasteiger partial charge in [0.15, 0.2) is 0 Å². The van der Waals surface area contributed by atoms with Crippen LogP contribution in [-0.2, 0) is 26.0 Å². The van der Waals surface area contributed by atoms with E-state index in [1.807, 2.05) is 41.5 Å². The Kier molecular flexibility index (Phi) is 20.6. The fourth-order valence-corrected chi connectivity index (χ4v) is 6.44. The predicted octanol–water partition coefficient (Wildman–Crippen LogP) is 7.54. The van der Waals surface area contributed by atoms with Crippen LogP contribution in [-0.4, -0.2) is 55.2 Å². The average molecular weight is 680 g/mol. The number of amides is 1. The zero-order valence-electron chi connectivity index (χ0n) is 30.7. The van der Waals surface area contributed by atoms with Crippen molar-refractivity contribution in [1.82, 2.24) is 9.62 Å². The Hall–Kier alpha value is -2.82. The summed E-state index contributed by atoms with van der Waals surface area (Å²) in [5, 5.41) is 2.70. The summed E-state index contributed by atoms with van der Waals surface area (Å²) >= 11 is 0. The number of nitrogens with one attached hydrogen (secondary N) is 1. The molecule has 0 saturated carbocycles. The minimum absolute atomic E-state index is 0. The number of nitrogens with two attached hydrogens (primary N) is 1. The van der Waals surface area contributed by atoms with E-state index in [9.17, 15) is 22.4 Å². The monoisotopic (exact) mass is 679 g/mol. The fraction of sp³-hybridized carbons (Fsp3) is 0.622. The van der Waals surface area contributed by atoms with Gasteiger partial charge < -0.3 is 15.8 Å². The Morgan fingerprint density at radius 3 is 2.04 bits per heavy atom. The molecule has 2 atom stereocenters. The molecule has 1 amide bonds. The molecular formula is C37H62FN3O5S. The molecule has 0 aromatic heterocycles. The van der Waals surface area contributed by atoms with Crippen molar-refractivity contribution in [3.8, 4) is 5.75 Å². The summed E-state index contributed by atoms with van der Waals surface area (Å²) in [5.74, 6) is 1.57. The maximum atomic E-state index is 13.2. The van der Waals surface area contributed by atoms with Gasteiger partial charge in [0, 0.05) is 18.1 Å². The molecule has 3 N–H and O–H groups in total. The first-order valence-corrected chi connectivity index (χ1v) is 18.1. The molecule has 0 spiro atoms. The molecule has 1 aliphatic rings. The van der Waals surface area contributed by atoms with Crippen LogP contribution in [0.3, 0.4) is 0 Å². The zero-order chi connectivity index (χ0) is 36.4. The van der Waals surface area contributed by atoms with E-state index >= 15 is 0 Å². The van der Waals surface area contributed by atoms with Gasteiger partial charge in [-0.2, -0.15) is 4.31 Å². The first kappa shape index (κ1) is 44.2. The quantitative estimate of drug-likeness (QED) is 0.237. The second-order valence-corrected chi connectivity index (χ2v) is 16.2. The lowest BCUT2D eigenvalue weighted by molar-refractivity contribution is -0.121. The normalized spacial score (nSPS) is 15.7. The summed E-state index contributed by atoms with van der Waals surface area (Å²) in [6.07, 6.45) is 5.29. The largest absolute Gasteiger partial charge is 0.491 e. The van der Waals surface area contributed by atoms with Gasteiger partial charge >= 0.3 is 0 Å². The summed E-state index contributed by atoms with van der Waals surface area (Å²) in [4.78, 5) is 21.4. The van der Waals surface area contributed by atoms with E-state index in [1.54, 1.807) is 0 Å². The van der Waals surface area contributed by atoms with Gasteiger partial charge in [-0.1, -0.05) is 52.3 Å². The number of ketones is 1. The van der Waals surface area contributed by atoms with Crippen molar-refractivity contribution in [2.24, 2.45) is 17.6 Å².